The molecule has 92 valence electrons. The highest BCUT2D eigenvalue weighted by Crippen LogP contribution is 2.03. The predicted octanol–water partition coefficient (Wildman–Crippen LogP) is 1.19. The topological polar surface area (TPSA) is 76.7 Å². The number of pyridine rings is 1. The van der Waals surface area contributed by atoms with Gasteiger partial charge in [0.05, 0.1) is 0 Å². The second-order valence-corrected chi connectivity index (χ2v) is 4.05. The lowest BCUT2D eigenvalue weighted by Crippen LogP contribution is -2.19. The van der Waals surface area contributed by atoms with Crippen LogP contribution in [0.4, 0.5) is 5.69 Å². The number of hydrogen-bond donors (Lipinski definition) is 1. The predicted molar refractivity (Wildman–Crippen MR) is 68.9 cm³/mol. The molecule has 0 spiro atoms. The second kappa shape index (κ2) is 5.23. The van der Waals surface area contributed by atoms with Crippen molar-refractivity contribution in [2.24, 2.45) is 0 Å². The van der Waals surface area contributed by atoms with E-state index in [2.05, 4.69) is 6.07 Å². The van der Waals surface area contributed by atoms with Gasteiger partial charge in [-0.25, -0.2) is 0 Å². The Labute approximate surface area is 105 Å². The summed E-state index contributed by atoms with van der Waals surface area (Å²) in [6, 6.07) is 8.79. The molecule has 0 unspecified atom stereocenters. The van der Waals surface area contributed by atoms with Crippen LogP contribution in [0.1, 0.15) is 12.1 Å². The molecule has 0 aliphatic rings. The lowest BCUT2D eigenvalue weighted by Gasteiger charge is -2.07. The third-order valence-electron chi connectivity index (χ3n) is 2.75. The minimum Gasteiger partial charge on any atom is -0.398 e. The van der Waals surface area contributed by atoms with Gasteiger partial charge in [0.25, 0.3) is 5.56 Å². The fraction of sp³-hybridized carbons (Fsp3) is 0.231. The molecule has 0 atom stereocenters. The maximum Gasteiger partial charge on any atom is 0.250 e. The number of nitrogens with two attached hydrogens (primary N) is 1. The average molecular weight is 242 g/mol. The summed E-state index contributed by atoms with van der Waals surface area (Å²) in [7, 11) is 0. The third kappa shape index (κ3) is 2.61. The van der Waals surface area contributed by atoms with Crippen molar-refractivity contribution in [1.82, 2.24) is 9.13 Å². The minimum atomic E-state index is -0.0581. The third-order valence-corrected chi connectivity index (χ3v) is 2.75. The Morgan fingerprint density at radius 3 is 2.78 bits per heavy atom. The van der Waals surface area contributed by atoms with Gasteiger partial charge in [-0.15, -0.1) is 0 Å². The number of nitrogen functional groups attached to an aromatic ring is 1. The maximum absolute atomic E-state index is 11.5. The van der Waals surface area contributed by atoms with Crippen molar-refractivity contribution in [3.63, 3.8) is 0 Å². The smallest absolute Gasteiger partial charge is 0.250 e. The molecular formula is C13H14N4O. The number of aromatic nitrogens is 2. The zero-order chi connectivity index (χ0) is 13.0. The quantitative estimate of drug-likeness (QED) is 0.875. The molecule has 0 bridgehead atoms. The first kappa shape index (κ1) is 12.0. The highest BCUT2D eigenvalue weighted by Gasteiger charge is 2.00. The van der Waals surface area contributed by atoms with Gasteiger partial charge in [0, 0.05) is 37.2 Å². The van der Waals surface area contributed by atoms with Crippen LogP contribution in [-0.2, 0) is 13.1 Å². The Bertz CT molecular complexity index is 633. The molecule has 0 aliphatic heterocycles. The van der Waals surface area contributed by atoms with Gasteiger partial charge >= 0.3 is 0 Å². The summed E-state index contributed by atoms with van der Waals surface area (Å²) in [5, 5.41) is 8.86. The van der Waals surface area contributed by atoms with Gasteiger partial charge < -0.3 is 14.9 Å². The van der Waals surface area contributed by atoms with E-state index in [1.54, 1.807) is 22.9 Å². The van der Waals surface area contributed by atoms with E-state index in [-0.39, 0.29) is 5.56 Å². The Kier molecular flexibility index (Phi) is 3.49. The van der Waals surface area contributed by atoms with Crippen molar-refractivity contribution in [2.75, 3.05) is 5.73 Å². The van der Waals surface area contributed by atoms with Gasteiger partial charge in [-0.2, -0.15) is 5.26 Å². The van der Waals surface area contributed by atoms with E-state index in [0.29, 0.717) is 24.5 Å². The number of rotatable bonds is 4. The first-order chi connectivity index (χ1) is 8.70. The Balaban J connectivity index is 1.99. The van der Waals surface area contributed by atoms with E-state index in [9.17, 15) is 4.79 Å². The molecule has 0 aliphatic carbocycles. The molecule has 0 radical (unpaired) electrons. The highest BCUT2D eigenvalue weighted by atomic mass is 16.1. The molecule has 2 N–H and O–H groups in total. The molecule has 2 rings (SSSR count). The first-order valence-electron chi connectivity index (χ1n) is 5.72. The van der Waals surface area contributed by atoms with Crippen LogP contribution < -0.4 is 11.3 Å². The van der Waals surface area contributed by atoms with Crippen LogP contribution in [0.3, 0.4) is 0 Å². The molecule has 0 aromatic carbocycles. The van der Waals surface area contributed by atoms with Crippen molar-refractivity contribution in [1.29, 1.82) is 5.26 Å². The molecule has 5 heteroatoms. The van der Waals surface area contributed by atoms with Gasteiger partial charge in [-0.05, 0) is 24.6 Å². The number of aryl methyl sites for hydroxylation is 2. The number of anilines is 1. The summed E-state index contributed by atoms with van der Waals surface area (Å²) in [4.78, 5) is 11.5. The zero-order valence-electron chi connectivity index (χ0n) is 9.91. The van der Waals surface area contributed by atoms with Crippen LogP contribution in [0.25, 0.3) is 0 Å². The SMILES string of the molecule is N#Cc1cccn1CCCn1cc(N)ccc1=O. The van der Waals surface area contributed by atoms with Gasteiger partial charge in [-0.1, -0.05) is 0 Å². The van der Waals surface area contributed by atoms with Crippen molar-refractivity contribution in [3.8, 4) is 6.07 Å². The summed E-state index contributed by atoms with van der Waals surface area (Å²) in [5.74, 6) is 0. The molecule has 5 nitrogen and oxygen atoms in total. The zero-order valence-corrected chi connectivity index (χ0v) is 9.91. The van der Waals surface area contributed by atoms with Crippen LogP contribution >= 0.6 is 0 Å². The second-order valence-electron chi connectivity index (χ2n) is 4.05. The Morgan fingerprint density at radius 1 is 1.22 bits per heavy atom. The van der Waals surface area contributed by atoms with E-state index in [1.165, 1.54) is 6.07 Å². The normalized spacial score (nSPS) is 10.2. The fourth-order valence-electron chi connectivity index (χ4n) is 1.85. The first-order valence-corrected chi connectivity index (χ1v) is 5.72. The lowest BCUT2D eigenvalue weighted by molar-refractivity contribution is 0.552. The molecule has 18 heavy (non-hydrogen) atoms. The fourth-order valence-corrected chi connectivity index (χ4v) is 1.85. The Hall–Kier alpha value is -2.48. The van der Waals surface area contributed by atoms with Gasteiger partial charge in [-0.3, -0.25) is 4.79 Å². The van der Waals surface area contributed by atoms with Gasteiger partial charge in [0.2, 0.25) is 0 Å². The molecule has 0 amide bonds. The Morgan fingerprint density at radius 2 is 2.00 bits per heavy atom. The standard InChI is InChI=1S/C13H14N4O/c14-9-12-3-1-6-16(12)7-2-8-17-10-11(15)4-5-13(17)18/h1,3-6,10H,2,7-8,15H2. The average Bonchev–Trinajstić information content (AvgIpc) is 2.81. The van der Waals surface area contributed by atoms with Crippen LogP contribution in [0, 0.1) is 11.3 Å². The highest BCUT2D eigenvalue weighted by molar-refractivity contribution is 5.33. The van der Waals surface area contributed by atoms with Crippen LogP contribution in [0.2, 0.25) is 0 Å². The number of nitriles is 1. The van der Waals surface area contributed by atoms with Gasteiger partial charge in [0.15, 0.2) is 0 Å². The molecule has 0 saturated heterocycles. The van der Waals surface area contributed by atoms with Crippen molar-refractivity contribution >= 4 is 5.69 Å². The van der Waals surface area contributed by atoms with Crippen molar-refractivity contribution < 1.29 is 0 Å². The monoisotopic (exact) mass is 242 g/mol. The molecule has 0 saturated carbocycles. The van der Waals surface area contributed by atoms with E-state index < -0.39 is 0 Å². The lowest BCUT2D eigenvalue weighted by atomic mass is 10.3. The molecular weight excluding hydrogens is 228 g/mol. The summed E-state index contributed by atoms with van der Waals surface area (Å²) in [6.45, 7) is 1.30. The molecule has 2 aromatic rings. The summed E-state index contributed by atoms with van der Waals surface area (Å²) in [5.41, 5.74) is 6.78. The van der Waals surface area contributed by atoms with Crippen LogP contribution in [0.15, 0.2) is 41.5 Å². The van der Waals surface area contributed by atoms with E-state index in [4.69, 9.17) is 11.0 Å². The van der Waals surface area contributed by atoms with Crippen LogP contribution in [-0.4, -0.2) is 9.13 Å². The van der Waals surface area contributed by atoms with E-state index >= 15 is 0 Å². The molecule has 2 aromatic heterocycles. The summed E-state index contributed by atoms with van der Waals surface area (Å²) >= 11 is 0. The molecule has 0 fully saturated rings. The van der Waals surface area contributed by atoms with E-state index in [1.807, 2.05) is 16.8 Å². The van der Waals surface area contributed by atoms with Crippen molar-refractivity contribution in [3.05, 3.63) is 52.7 Å². The maximum atomic E-state index is 11.5. The summed E-state index contributed by atoms with van der Waals surface area (Å²) < 4.78 is 3.46. The minimum absolute atomic E-state index is 0.0581. The van der Waals surface area contributed by atoms with E-state index in [0.717, 1.165) is 6.42 Å². The number of hydrogen-bond acceptors (Lipinski definition) is 3. The largest absolute Gasteiger partial charge is 0.398 e. The van der Waals surface area contributed by atoms with Crippen LogP contribution in [0.5, 0.6) is 0 Å². The van der Waals surface area contributed by atoms with Gasteiger partial charge in [0.1, 0.15) is 11.8 Å². The summed E-state index contributed by atoms with van der Waals surface area (Å²) in [6.07, 6.45) is 4.27. The number of nitrogens with zero attached hydrogens (tertiary/aromatic N) is 3. The molecule has 2 heterocycles. The van der Waals surface area contributed by atoms with Crippen molar-refractivity contribution in [2.45, 2.75) is 19.5 Å².